The molecular weight excluding hydrogens is 288 g/mol. The second kappa shape index (κ2) is 5.50. The number of hydrogen-bond acceptors (Lipinski definition) is 3. The van der Waals surface area contributed by atoms with Crippen LogP contribution in [0.2, 0.25) is 0 Å². The van der Waals surface area contributed by atoms with Gasteiger partial charge in [0.05, 0.1) is 11.6 Å². The number of rotatable bonds is 2. The summed E-state index contributed by atoms with van der Waals surface area (Å²) >= 11 is 0. The summed E-state index contributed by atoms with van der Waals surface area (Å²) in [5, 5.41) is 8.23. The molecule has 0 spiro atoms. The zero-order valence-electron chi connectivity index (χ0n) is 13.0. The highest BCUT2D eigenvalue weighted by Gasteiger charge is 2.27. The van der Waals surface area contributed by atoms with Crippen molar-refractivity contribution < 1.29 is 4.79 Å². The molecule has 1 unspecified atom stereocenters. The lowest BCUT2D eigenvalue weighted by molar-refractivity contribution is -0.134. The first-order valence-electron chi connectivity index (χ1n) is 7.89. The molecule has 0 saturated heterocycles. The van der Waals surface area contributed by atoms with Gasteiger partial charge in [-0.3, -0.25) is 4.79 Å². The van der Waals surface area contributed by atoms with Crippen molar-refractivity contribution >= 4 is 16.9 Å². The van der Waals surface area contributed by atoms with Crippen LogP contribution in [-0.4, -0.2) is 32.3 Å². The second-order valence-electron chi connectivity index (χ2n) is 5.95. The molecule has 1 aromatic heterocycles. The van der Waals surface area contributed by atoms with Crippen LogP contribution in [0.1, 0.15) is 24.1 Å². The number of para-hydroxylation sites is 1. The third-order valence-electron chi connectivity index (χ3n) is 4.62. The molecule has 1 aliphatic heterocycles. The van der Waals surface area contributed by atoms with E-state index in [1.54, 1.807) is 4.68 Å². The minimum absolute atomic E-state index is 0.0858. The fourth-order valence-corrected chi connectivity index (χ4v) is 3.37. The lowest BCUT2D eigenvalue weighted by Crippen LogP contribution is -2.40. The van der Waals surface area contributed by atoms with E-state index in [4.69, 9.17) is 0 Å². The third-order valence-corrected chi connectivity index (χ3v) is 4.62. The molecule has 2 aromatic carbocycles. The van der Waals surface area contributed by atoms with E-state index in [9.17, 15) is 4.79 Å². The topological polar surface area (TPSA) is 51.0 Å². The quantitative estimate of drug-likeness (QED) is 0.731. The summed E-state index contributed by atoms with van der Waals surface area (Å²) in [7, 11) is 0. The van der Waals surface area contributed by atoms with Crippen molar-refractivity contribution in [3.05, 3.63) is 59.7 Å². The van der Waals surface area contributed by atoms with Crippen molar-refractivity contribution in [2.45, 2.75) is 25.9 Å². The Morgan fingerprint density at radius 2 is 1.96 bits per heavy atom. The maximum absolute atomic E-state index is 12.8. The van der Waals surface area contributed by atoms with Gasteiger partial charge < -0.3 is 4.90 Å². The lowest BCUT2D eigenvalue weighted by Gasteiger charge is -2.35. The van der Waals surface area contributed by atoms with E-state index in [-0.39, 0.29) is 18.5 Å². The number of aromatic nitrogens is 3. The van der Waals surface area contributed by atoms with Gasteiger partial charge >= 0.3 is 0 Å². The molecule has 4 rings (SSSR count). The Labute approximate surface area is 134 Å². The fraction of sp³-hybridized carbons (Fsp3) is 0.278. The van der Waals surface area contributed by atoms with Gasteiger partial charge in [-0.05, 0) is 36.6 Å². The van der Waals surface area contributed by atoms with E-state index in [0.717, 1.165) is 24.0 Å². The summed E-state index contributed by atoms with van der Waals surface area (Å²) < 4.78 is 1.69. The first kappa shape index (κ1) is 13.9. The average molecular weight is 306 g/mol. The van der Waals surface area contributed by atoms with Crippen LogP contribution in [0.25, 0.3) is 11.0 Å². The van der Waals surface area contributed by atoms with Crippen molar-refractivity contribution in [1.82, 2.24) is 19.9 Å². The van der Waals surface area contributed by atoms with Crippen LogP contribution in [0, 0.1) is 0 Å². The second-order valence-corrected chi connectivity index (χ2v) is 5.95. The highest BCUT2D eigenvalue weighted by Crippen LogP contribution is 2.29. The van der Waals surface area contributed by atoms with Crippen LogP contribution in [-0.2, 0) is 17.8 Å². The molecule has 0 radical (unpaired) electrons. The summed E-state index contributed by atoms with van der Waals surface area (Å²) in [6.07, 6.45) is 0.907. The van der Waals surface area contributed by atoms with Gasteiger partial charge in [-0.25, -0.2) is 4.68 Å². The Kier molecular flexibility index (Phi) is 3.33. The van der Waals surface area contributed by atoms with Gasteiger partial charge in [-0.2, -0.15) is 0 Å². The first-order valence-corrected chi connectivity index (χ1v) is 7.89. The van der Waals surface area contributed by atoms with E-state index < -0.39 is 0 Å². The molecule has 0 saturated carbocycles. The SMILES string of the molecule is CC1c2ccccc2CCN1C(=O)Cn1nnc2ccccc21. The predicted octanol–water partition coefficient (Wildman–Crippen LogP) is 2.58. The van der Waals surface area contributed by atoms with Crippen molar-refractivity contribution in [2.24, 2.45) is 0 Å². The summed E-state index contributed by atoms with van der Waals surface area (Å²) in [5.74, 6) is 0.0858. The van der Waals surface area contributed by atoms with Crippen LogP contribution < -0.4 is 0 Å². The van der Waals surface area contributed by atoms with Gasteiger partial charge in [0.25, 0.3) is 0 Å². The molecular formula is C18H18N4O. The summed E-state index contributed by atoms with van der Waals surface area (Å²) in [4.78, 5) is 14.7. The minimum atomic E-state index is 0.0858. The molecule has 1 atom stereocenters. The molecule has 1 amide bonds. The maximum Gasteiger partial charge on any atom is 0.244 e. The molecule has 23 heavy (non-hydrogen) atoms. The Hall–Kier alpha value is -2.69. The van der Waals surface area contributed by atoms with Crippen LogP contribution in [0.5, 0.6) is 0 Å². The minimum Gasteiger partial charge on any atom is -0.334 e. The fourth-order valence-electron chi connectivity index (χ4n) is 3.37. The lowest BCUT2D eigenvalue weighted by atomic mass is 9.93. The van der Waals surface area contributed by atoms with Gasteiger partial charge in [0.15, 0.2) is 0 Å². The van der Waals surface area contributed by atoms with E-state index in [1.807, 2.05) is 35.2 Å². The third kappa shape index (κ3) is 2.38. The number of fused-ring (bicyclic) bond motifs is 2. The normalized spacial score (nSPS) is 17.3. The average Bonchev–Trinajstić information content (AvgIpc) is 2.98. The zero-order chi connectivity index (χ0) is 15.8. The van der Waals surface area contributed by atoms with E-state index in [1.165, 1.54) is 11.1 Å². The van der Waals surface area contributed by atoms with Gasteiger partial charge in [-0.1, -0.05) is 41.6 Å². The van der Waals surface area contributed by atoms with E-state index >= 15 is 0 Å². The molecule has 2 heterocycles. The molecule has 5 nitrogen and oxygen atoms in total. The molecule has 5 heteroatoms. The number of nitrogens with zero attached hydrogens (tertiary/aromatic N) is 4. The van der Waals surface area contributed by atoms with Gasteiger partial charge in [0.2, 0.25) is 5.91 Å². The Morgan fingerprint density at radius 3 is 2.87 bits per heavy atom. The maximum atomic E-state index is 12.8. The Bertz CT molecular complexity index is 870. The molecule has 0 fully saturated rings. The Morgan fingerprint density at radius 1 is 1.17 bits per heavy atom. The van der Waals surface area contributed by atoms with Crippen molar-refractivity contribution in [3.63, 3.8) is 0 Å². The Balaban J connectivity index is 1.58. The molecule has 1 aliphatic rings. The van der Waals surface area contributed by atoms with Crippen molar-refractivity contribution in [1.29, 1.82) is 0 Å². The molecule has 0 aliphatic carbocycles. The first-order chi connectivity index (χ1) is 11.2. The van der Waals surface area contributed by atoms with Gasteiger partial charge in [0, 0.05) is 6.54 Å². The highest BCUT2D eigenvalue weighted by molar-refractivity contribution is 5.80. The van der Waals surface area contributed by atoms with Gasteiger partial charge in [-0.15, -0.1) is 5.10 Å². The summed E-state index contributed by atoms with van der Waals surface area (Å²) in [6, 6.07) is 16.2. The molecule has 3 aromatic rings. The van der Waals surface area contributed by atoms with E-state index in [2.05, 4.69) is 35.4 Å². The molecule has 116 valence electrons. The van der Waals surface area contributed by atoms with Gasteiger partial charge in [0.1, 0.15) is 12.1 Å². The van der Waals surface area contributed by atoms with Crippen LogP contribution >= 0.6 is 0 Å². The largest absolute Gasteiger partial charge is 0.334 e. The number of carbonyl (C=O) groups excluding carboxylic acids is 1. The van der Waals surface area contributed by atoms with E-state index in [0.29, 0.717) is 0 Å². The molecule has 0 N–H and O–H groups in total. The number of benzene rings is 2. The monoisotopic (exact) mass is 306 g/mol. The number of hydrogen-bond donors (Lipinski definition) is 0. The van der Waals surface area contributed by atoms with Crippen molar-refractivity contribution in [2.75, 3.05) is 6.54 Å². The number of carbonyl (C=O) groups is 1. The molecule has 0 bridgehead atoms. The zero-order valence-corrected chi connectivity index (χ0v) is 13.0. The standard InChI is InChI=1S/C18H18N4O/c1-13-15-7-3-2-6-14(15)10-11-21(13)18(23)12-22-17-9-5-4-8-16(17)19-20-22/h2-9,13H,10-12H2,1H3. The van der Waals surface area contributed by atoms with Crippen LogP contribution in [0.3, 0.4) is 0 Å². The van der Waals surface area contributed by atoms with Crippen molar-refractivity contribution in [3.8, 4) is 0 Å². The smallest absolute Gasteiger partial charge is 0.244 e. The number of amides is 1. The summed E-state index contributed by atoms with van der Waals surface area (Å²) in [6.45, 7) is 3.08. The summed E-state index contributed by atoms with van der Waals surface area (Å²) in [5.41, 5.74) is 4.30. The predicted molar refractivity (Wildman–Crippen MR) is 87.8 cm³/mol. The van der Waals surface area contributed by atoms with Crippen LogP contribution in [0.4, 0.5) is 0 Å². The highest BCUT2D eigenvalue weighted by atomic mass is 16.2. The van der Waals surface area contributed by atoms with Crippen LogP contribution in [0.15, 0.2) is 48.5 Å².